The highest BCUT2D eigenvalue weighted by molar-refractivity contribution is 7.80. The third kappa shape index (κ3) is 5.57. The highest BCUT2D eigenvalue weighted by Crippen LogP contribution is 2.10. The topological polar surface area (TPSA) is 83.4 Å². The van der Waals surface area contributed by atoms with Crippen LogP contribution in [0.25, 0.3) is 6.08 Å². The van der Waals surface area contributed by atoms with E-state index in [-0.39, 0.29) is 5.11 Å². The van der Waals surface area contributed by atoms with Gasteiger partial charge in [-0.1, -0.05) is 17.7 Å². The normalized spacial score (nSPS) is 10.3. The largest absolute Gasteiger partial charge is 0.465 e. The molecule has 0 unspecified atom stereocenters. The number of hydrogen-bond donors (Lipinski definition) is 3. The van der Waals surface area contributed by atoms with Crippen molar-refractivity contribution in [3.05, 3.63) is 65.1 Å². The molecule has 0 radical (unpaired) electrons. The highest BCUT2D eigenvalue weighted by atomic mass is 35.5. The lowest BCUT2D eigenvalue weighted by Crippen LogP contribution is -2.48. The molecule has 0 spiro atoms. The second kappa shape index (κ2) is 8.11. The Labute approximate surface area is 142 Å². The number of hydrazine groups is 1. The summed E-state index contributed by atoms with van der Waals surface area (Å²) in [6.07, 6.45) is 4.24. The Bertz CT molecular complexity index is 744. The van der Waals surface area contributed by atoms with Gasteiger partial charge in [0.15, 0.2) is 5.11 Å². The van der Waals surface area contributed by atoms with E-state index in [1.54, 1.807) is 30.3 Å². The summed E-state index contributed by atoms with van der Waals surface area (Å²) in [4.78, 5) is 23.4. The van der Waals surface area contributed by atoms with Crippen LogP contribution in [0.15, 0.2) is 53.2 Å². The first-order chi connectivity index (χ1) is 11.0. The Morgan fingerprint density at radius 3 is 2.70 bits per heavy atom. The average Bonchev–Trinajstić information content (AvgIpc) is 3.04. The number of amides is 2. The zero-order valence-electron chi connectivity index (χ0n) is 11.7. The Balaban J connectivity index is 1.78. The molecular formula is C15H12ClN3O3S. The van der Waals surface area contributed by atoms with Gasteiger partial charge in [0.05, 0.1) is 6.26 Å². The maximum atomic E-state index is 11.8. The molecule has 1 aromatic carbocycles. The van der Waals surface area contributed by atoms with E-state index in [1.165, 1.54) is 24.5 Å². The Hall–Kier alpha value is -2.64. The lowest BCUT2D eigenvalue weighted by molar-refractivity contribution is -0.115. The summed E-state index contributed by atoms with van der Waals surface area (Å²) in [6, 6.07) is 9.81. The molecule has 1 heterocycles. The smallest absolute Gasteiger partial charge is 0.269 e. The van der Waals surface area contributed by atoms with E-state index in [0.717, 1.165) is 0 Å². The van der Waals surface area contributed by atoms with E-state index >= 15 is 0 Å². The van der Waals surface area contributed by atoms with Crippen LogP contribution in [0, 0.1) is 0 Å². The molecule has 0 aliphatic rings. The van der Waals surface area contributed by atoms with Crippen molar-refractivity contribution in [1.82, 2.24) is 16.2 Å². The molecule has 23 heavy (non-hydrogen) atoms. The van der Waals surface area contributed by atoms with Crippen molar-refractivity contribution < 1.29 is 14.0 Å². The molecule has 0 aliphatic carbocycles. The molecule has 3 N–H and O–H groups in total. The Morgan fingerprint density at radius 2 is 2.00 bits per heavy atom. The minimum atomic E-state index is -0.462. The molecule has 0 fully saturated rings. The summed E-state index contributed by atoms with van der Waals surface area (Å²) in [5.41, 5.74) is 5.14. The van der Waals surface area contributed by atoms with Crippen molar-refractivity contribution >= 4 is 46.8 Å². The molecule has 0 saturated carbocycles. The van der Waals surface area contributed by atoms with E-state index < -0.39 is 11.8 Å². The van der Waals surface area contributed by atoms with Gasteiger partial charge < -0.3 is 4.42 Å². The van der Waals surface area contributed by atoms with Gasteiger partial charge in [0.1, 0.15) is 5.76 Å². The third-order valence-electron chi connectivity index (χ3n) is 2.56. The van der Waals surface area contributed by atoms with Gasteiger partial charge in [-0.2, -0.15) is 0 Å². The number of benzene rings is 1. The number of furan rings is 1. The SMILES string of the molecule is O=C(C=Cc1ccco1)NC(=S)NNC(=O)c1cccc(Cl)c1. The second-order valence-corrected chi connectivity index (χ2v) is 5.10. The van der Waals surface area contributed by atoms with E-state index in [1.807, 2.05) is 0 Å². The van der Waals surface area contributed by atoms with Gasteiger partial charge in [-0.25, -0.2) is 0 Å². The molecule has 6 nitrogen and oxygen atoms in total. The van der Waals surface area contributed by atoms with Crippen LogP contribution in [-0.4, -0.2) is 16.9 Å². The van der Waals surface area contributed by atoms with Gasteiger partial charge in [-0.15, -0.1) is 0 Å². The fourth-order valence-corrected chi connectivity index (χ4v) is 1.89. The molecule has 0 aliphatic heterocycles. The van der Waals surface area contributed by atoms with Crippen molar-refractivity contribution in [3.63, 3.8) is 0 Å². The van der Waals surface area contributed by atoms with E-state index in [2.05, 4.69) is 16.2 Å². The minimum absolute atomic E-state index is 0.0468. The number of halogens is 1. The molecule has 8 heteroatoms. The van der Waals surface area contributed by atoms with Crippen LogP contribution in [0.4, 0.5) is 0 Å². The summed E-state index contributed by atoms with van der Waals surface area (Å²) >= 11 is 10.7. The lowest BCUT2D eigenvalue weighted by Gasteiger charge is -2.09. The lowest BCUT2D eigenvalue weighted by atomic mass is 10.2. The number of carbonyl (C=O) groups is 2. The van der Waals surface area contributed by atoms with Crippen molar-refractivity contribution in [3.8, 4) is 0 Å². The minimum Gasteiger partial charge on any atom is -0.465 e. The fourth-order valence-electron chi connectivity index (χ4n) is 1.54. The van der Waals surface area contributed by atoms with Crippen molar-refractivity contribution in [2.75, 3.05) is 0 Å². The summed E-state index contributed by atoms with van der Waals surface area (Å²) in [5.74, 6) is -0.362. The number of rotatable bonds is 3. The van der Waals surface area contributed by atoms with Gasteiger partial charge in [0.2, 0.25) is 5.91 Å². The summed E-state index contributed by atoms with van der Waals surface area (Å²) in [5, 5.41) is 2.77. The van der Waals surface area contributed by atoms with Crippen LogP contribution in [0.5, 0.6) is 0 Å². The molecule has 2 aromatic rings. The fraction of sp³-hybridized carbons (Fsp3) is 0. The molecule has 2 amide bonds. The van der Waals surface area contributed by atoms with Crippen LogP contribution in [0.3, 0.4) is 0 Å². The van der Waals surface area contributed by atoms with Crippen molar-refractivity contribution in [2.24, 2.45) is 0 Å². The zero-order chi connectivity index (χ0) is 16.7. The molecule has 0 bridgehead atoms. The molecular weight excluding hydrogens is 338 g/mol. The average molecular weight is 350 g/mol. The highest BCUT2D eigenvalue weighted by Gasteiger charge is 2.07. The number of carbonyl (C=O) groups excluding carboxylic acids is 2. The molecule has 0 atom stereocenters. The predicted octanol–water partition coefficient (Wildman–Crippen LogP) is 2.28. The van der Waals surface area contributed by atoms with Crippen molar-refractivity contribution in [1.29, 1.82) is 0 Å². The van der Waals surface area contributed by atoms with Crippen LogP contribution in [-0.2, 0) is 4.79 Å². The van der Waals surface area contributed by atoms with Gasteiger partial charge >= 0.3 is 0 Å². The van der Waals surface area contributed by atoms with E-state index in [4.69, 9.17) is 28.2 Å². The van der Waals surface area contributed by atoms with Crippen molar-refractivity contribution in [2.45, 2.75) is 0 Å². The zero-order valence-corrected chi connectivity index (χ0v) is 13.3. The van der Waals surface area contributed by atoms with Crippen LogP contribution < -0.4 is 16.2 Å². The van der Waals surface area contributed by atoms with E-state index in [9.17, 15) is 9.59 Å². The van der Waals surface area contributed by atoms with E-state index in [0.29, 0.717) is 16.3 Å². The standard InChI is InChI=1S/C15H12ClN3O3S/c16-11-4-1-3-10(9-11)14(21)18-19-15(23)17-13(20)7-6-12-5-2-8-22-12/h1-9H,(H,18,21)(H2,17,19,20,23). The molecule has 118 valence electrons. The molecule has 1 aromatic heterocycles. The molecule has 0 saturated heterocycles. The van der Waals surface area contributed by atoms with Gasteiger partial charge in [-0.3, -0.25) is 25.8 Å². The number of thiocarbonyl (C=S) groups is 1. The summed E-state index contributed by atoms with van der Waals surface area (Å²) in [7, 11) is 0. The van der Waals surface area contributed by atoms with Gasteiger partial charge in [0, 0.05) is 16.7 Å². The number of nitrogens with one attached hydrogen (secondary N) is 3. The first-order valence-electron chi connectivity index (χ1n) is 6.43. The number of hydrogen-bond acceptors (Lipinski definition) is 4. The Morgan fingerprint density at radius 1 is 1.17 bits per heavy atom. The maximum Gasteiger partial charge on any atom is 0.269 e. The van der Waals surface area contributed by atoms with Gasteiger partial charge in [0.25, 0.3) is 5.91 Å². The second-order valence-electron chi connectivity index (χ2n) is 4.26. The summed E-state index contributed by atoms with van der Waals surface area (Å²) < 4.78 is 5.04. The first-order valence-corrected chi connectivity index (χ1v) is 7.21. The van der Waals surface area contributed by atoms with Crippen LogP contribution in [0.1, 0.15) is 16.1 Å². The van der Waals surface area contributed by atoms with Crippen LogP contribution >= 0.6 is 23.8 Å². The first kappa shape index (κ1) is 16.7. The van der Waals surface area contributed by atoms with Crippen LogP contribution in [0.2, 0.25) is 5.02 Å². The monoisotopic (exact) mass is 349 g/mol. The Kier molecular flexibility index (Phi) is 5.90. The summed E-state index contributed by atoms with van der Waals surface area (Å²) in [6.45, 7) is 0. The third-order valence-corrected chi connectivity index (χ3v) is 2.99. The van der Waals surface area contributed by atoms with Gasteiger partial charge in [-0.05, 0) is 48.6 Å². The predicted molar refractivity (Wildman–Crippen MR) is 90.5 cm³/mol. The maximum absolute atomic E-state index is 11.8. The quantitative estimate of drug-likeness (QED) is 0.450. The molecule has 2 rings (SSSR count).